The Morgan fingerprint density at radius 1 is 1.38 bits per heavy atom. The van der Waals surface area contributed by atoms with Crippen LogP contribution in [0.2, 0.25) is 5.02 Å². The van der Waals surface area contributed by atoms with Crippen LogP contribution in [0, 0.1) is 5.92 Å². The average Bonchev–Trinajstić information content (AvgIpc) is 2.63. The van der Waals surface area contributed by atoms with E-state index >= 15 is 0 Å². The molecule has 1 saturated heterocycles. The first kappa shape index (κ1) is 18.7. The van der Waals surface area contributed by atoms with Gasteiger partial charge in [0, 0.05) is 31.1 Å². The van der Waals surface area contributed by atoms with Crippen LogP contribution in [-0.2, 0) is 11.8 Å². The molecule has 2 heterocycles. The first-order valence-corrected chi connectivity index (χ1v) is 9.30. The lowest BCUT2D eigenvalue weighted by Gasteiger charge is -2.33. The number of carbonyl (C=O) groups excluding carboxylic acids is 1. The van der Waals surface area contributed by atoms with Crippen LogP contribution in [0.5, 0.6) is 5.75 Å². The number of anilines is 2. The standard InChI is InChI=1S/C17H18BrClN4O3/c1-22-17(26)15(18)13(9-20-22)23-6-4-10(5-7-23)16(25)21-12-8-11(19)2-3-14(12)24/h2-3,8-10,24H,4-7H2,1H3,(H,21,25). The molecule has 0 spiro atoms. The van der Waals surface area contributed by atoms with Gasteiger partial charge in [-0.15, -0.1) is 0 Å². The maximum absolute atomic E-state index is 12.5. The molecule has 1 aromatic carbocycles. The van der Waals surface area contributed by atoms with E-state index in [1.165, 1.54) is 16.8 Å². The molecular formula is C17H18BrClN4O3. The summed E-state index contributed by atoms with van der Waals surface area (Å²) in [6.45, 7) is 1.26. The Kier molecular flexibility index (Phi) is 5.52. The van der Waals surface area contributed by atoms with Gasteiger partial charge in [-0.05, 0) is 47.0 Å². The summed E-state index contributed by atoms with van der Waals surface area (Å²) in [7, 11) is 1.60. The number of hydrogen-bond acceptors (Lipinski definition) is 5. The summed E-state index contributed by atoms with van der Waals surface area (Å²) in [4.78, 5) is 26.5. The molecule has 2 aromatic rings. The summed E-state index contributed by atoms with van der Waals surface area (Å²) >= 11 is 9.24. The fourth-order valence-corrected chi connectivity index (χ4v) is 3.73. The van der Waals surface area contributed by atoms with Crippen molar-refractivity contribution in [2.75, 3.05) is 23.3 Å². The number of carbonyl (C=O) groups is 1. The van der Waals surface area contributed by atoms with Crippen molar-refractivity contribution in [3.63, 3.8) is 0 Å². The van der Waals surface area contributed by atoms with Crippen molar-refractivity contribution in [3.05, 3.63) is 44.2 Å². The van der Waals surface area contributed by atoms with Crippen molar-refractivity contribution in [1.82, 2.24) is 9.78 Å². The number of rotatable bonds is 3. The molecule has 138 valence electrons. The molecule has 0 unspecified atom stereocenters. The quantitative estimate of drug-likeness (QED) is 0.715. The van der Waals surface area contributed by atoms with Gasteiger partial charge in [0.15, 0.2) is 0 Å². The van der Waals surface area contributed by atoms with E-state index in [9.17, 15) is 14.7 Å². The highest BCUT2D eigenvalue weighted by atomic mass is 79.9. The third-order valence-corrected chi connectivity index (χ3v) is 5.46. The van der Waals surface area contributed by atoms with E-state index in [4.69, 9.17) is 11.6 Å². The third-order valence-electron chi connectivity index (χ3n) is 4.48. The summed E-state index contributed by atoms with van der Waals surface area (Å²) in [5.74, 6) is -0.346. The smallest absolute Gasteiger partial charge is 0.282 e. The van der Waals surface area contributed by atoms with Crippen LogP contribution in [0.25, 0.3) is 0 Å². The summed E-state index contributed by atoms with van der Waals surface area (Å²) in [6, 6.07) is 4.52. The van der Waals surface area contributed by atoms with Crippen LogP contribution in [0.1, 0.15) is 12.8 Å². The van der Waals surface area contributed by atoms with Gasteiger partial charge in [0.05, 0.1) is 17.6 Å². The zero-order chi connectivity index (χ0) is 18.8. The van der Waals surface area contributed by atoms with E-state index in [2.05, 4.69) is 26.3 Å². The molecule has 1 aromatic heterocycles. The molecule has 3 rings (SSSR count). The molecule has 1 amide bonds. The third kappa shape index (κ3) is 3.86. The summed E-state index contributed by atoms with van der Waals surface area (Å²) in [5, 5.41) is 17.1. The highest BCUT2D eigenvalue weighted by molar-refractivity contribution is 9.10. The molecule has 2 N–H and O–H groups in total. The minimum atomic E-state index is -0.196. The van der Waals surface area contributed by atoms with Gasteiger partial charge >= 0.3 is 0 Å². The number of aryl methyl sites for hydroxylation is 1. The van der Waals surface area contributed by atoms with Crippen LogP contribution >= 0.6 is 27.5 Å². The van der Waals surface area contributed by atoms with Gasteiger partial charge in [0.2, 0.25) is 5.91 Å². The Labute approximate surface area is 163 Å². The SMILES string of the molecule is Cn1ncc(N2CCC(C(=O)Nc3cc(Cl)ccc3O)CC2)c(Br)c1=O. The number of phenolic OH excluding ortho intramolecular Hbond substituents is 1. The maximum atomic E-state index is 12.5. The van der Waals surface area contributed by atoms with Crippen LogP contribution in [0.15, 0.2) is 33.7 Å². The lowest BCUT2D eigenvalue weighted by atomic mass is 9.95. The Morgan fingerprint density at radius 2 is 2.08 bits per heavy atom. The molecule has 1 aliphatic heterocycles. The highest BCUT2D eigenvalue weighted by Crippen LogP contribution is 2.30. The lowest BCUT2D eigenvalue weighted by Crippen LogP contribution is -2.39. The summed E-state index contributed by atoms with van der Waals surface area (Å²) in [5.41, 5.74) is 0.849. The molecule has 0 radical (unpaired) electrons. The first-order valence-electron chi connectivity index (χ1n) is 8.13. The molecule has 0 bridgehead atoms. The molecule has 1 aliphatic rings. The van der Waals surface area contributed by atoms with E-state index < -0.39 is 0 Å². The molecule has 0 saturated carbocycles. The second-order valence-corrected chi connectivity index (χ2v) is 7.41. The second-order valence-electron chi connectivity index (χ2n) is 6.18. The van der Waals surface area contributed by atoms with E-state index in [-0.39, 0.29) is 23.1 Å². The second kappa shape index (κ2) is 7.67. The van der Waals surface area contributed by atoms with Gasteiger partial charge in [0.25, 0.3) is 5.56 Å². The van der Waals surface area contributed by atoms with Gasteiger partial charge in [-0.3, -0.25) is 9.59 Å². The van der Waals surface area contributed by atoms with E-state index in [1.807, 2.05) is 4.90 Å². The molecule has 7 nitrogen and oxygen atoms in total. The van der Waals surface area contributed by atoms with Gasteiger partial charge in [-0.2, -0.15) is 5.10 Å². The van der Waals surface area contributed by atoms with Crippen molar-refractivity contribution < 1.29 is 9.90 Å². The van der Waals surface area contributed by atoms with Crippen molar-refractivity contribution >= 4 is 44.8 Å². The average molecular weight is 442 g/mol. The van der Waals surface area contributed by atoms with E-state index in [1.54, 1.807) is 19.3 Å². The van der Waals surface area contributed by atoms with Gasteiger partial charge < -0.3 is 15.3 Å². The van der Waals surface area contributed by atoms with Crippen molar-refractivity contribution in [2.45, 2.75) is 12.8 Å². The Bertz CT molecular complexity index is 894. The van der Waals surface area contributed by atoms with Crippen LogP contribution in [-0.4, -0.2) is 33.9 Å². The van der Waals surface area contributed by atoms with Crippen molar-refractivity contribution in [2.24, 2.45) is 13.0 Å². The van der Waals surface area contributed by atoms with Gasteiger partial charge in [-0.25, -0.2) is 4.68 Å². The maximum Gasteiger partial charge on any atom is 0.282 e. The fraction of sp³-hybridized carbons (Fsp3) is 0.353. The summed E-state index contributed by atoms with van der Waals surface area (Å²) in [6.07, 6.45) is 2.92. The number of halogens is 2. The van der Waals surface area contributed by atoms with Gasteiger partial charge in [0.1, 0.15) is 10.2 Å². The minimum Gasteiger partial charge on any atom is -0.506 e. The van der Waals surface area contributed by atoms with Crippen LogP contribution < -0.4 is 15.8 Å². The fourth-order valence-electron chi connectivity index (χ4n) is 2.95. The largest absolute Gasteiger partial charge is 0.506 e. The number of piperidine rings is 1. The molecule has 0 atom stereocenters. The number of hydrogen-bond donors (Lipinski definition) is 2. The predicted molar refractivity (Wildman–Crippen MR) is 104 cm³/mol. The molecular weight excluding hydrogens is 424 g/mol. The number of benzene rings is 1. The Hall–Kier alpha value is -2.06. The zero-order valence-electron chi connectivity index (χ0n) is 14.1. The Balaban J connectivity index is 1.65. The van der Waals surface area contributed by atoms with Crippen LogP contribution in [0.3, 0.4) is 0 Å². The molecule has 9 heteroatoms. The molecule has 1 fully saturated rings. The molecule has 0 aliphatic carbocycles. The topological polar surface area (TPSA) is 87.5 Å². The highest BCUT2D eigenvalue weighted by Gasteiger charge is 2.27. The number of nitrogens with zero attached hydrogens (tertiary/aromatic N) is 3. The predicted octanol–water partition coefficient (Wildman–Crippen LogP) is 2.76. The monoisotopic (exact) mass is 440 g/mol. The zero-order valence-corrected chi connectivity index (χ0v) is 16.4. The Morgan fingerprint density at radius 3 is 2.77 bits per heavy atom. The summed E-state index contributed by atoms with van der Waals surface area (Å²) < 4.78 is 1.74. The number of phenols is 1. The lowest BCUT2D eigenvalue weighted by molar-refractivity contribution is -0.120. The van der Waals surface area contributed by atoms with Gasteiger partial charge in [-0.1, -0.05) is 11.6 Å². The number of aromatic nitrogens is 2. The minimum absolute atomic E-state index is 0.0182. The van der Waals surface area contributed by atoms with Crippen molar-refractivity contribution in [1.29, 1.82) is 0 Å². The van der Waals surface area contributed by atoms with Crippen LogP contribution in [0.4, 0.5) is 11.4 Å². The van der Waals surface area contributed by atoms with Crippen molar-refractivity contribution in [3.8, 4) is 5.75 Å². The number of nitrogens with one attached hydrogen (secondary N) is 1. The molecule has 26 heavy (non-hydrogen) atoms. The number of amides is 1. The normalized spacial score (nSPS) is 15.1. The first-order chi connectivity index (χ1) is 12.4. The van der Waals surface area contributed by atoms with E-state index in [0.29, 0.717) is 41.1 Å². The van der Waals surface area contributed by atoms with E-state index in [0.717, 1.165) is 5.69 Å². The number of aromatic hydroxyl groups is 1.